The third-order valence-corrected chi connectivity index (χ3v) is 3.78. The van der Waals surface area contributed by atoms with Crippen LogP contribution in [0.25, 0.3) is 0 Å². The van der Waals surface area contributed by atoms with Crippen LogP contribution in [0.2, 0.25) is 0 Å². The standard InChI is InChI=1S/C7H14NO4PS/c1-5(14)7(9)8-4-2-3-6(8)13(10,11)12/h5-6,14H,2-4H2,1H3,(H2,10,11,12). The van der Waals surface area contributed by atoms with Crippen molar-refractivity contribution < 1.29 is 19.1 Å². The van der Waals surface area contributed by atoms with E-state index in [1.54, 1.807) is 6.92 Å². The Labute approximate surface area is 88.1 Å². The highest BCUT2D eigenvalue weighted by molar-refractivity contribution is 7.81. The number of rotatable bonds is 2. The topological polar surface area (TPSA) is 77.8 Å². The molecule has 1 fully saturated rings. The molecule has 0 saturated carbocycles. The van der Waals surface area contributed by atoms with Gasteiger partial charge in [0.2, 0.25) is 5.91 Å². The van der Waals surface area contributed by atoms with E-state index in [0.29, 0.717) is 19.4 Å². The average Bonchev–Trinajstić information content (AvgIpc) is 2.48. The van der Waals surface area contributed by atoms with Gasteiger partial charge in [0.25, 0.3) is 0 Å². The highest BCUT2D eigenvalue weighted by Gasteiger charge is 2.41. The van der Waals surface area contributed by atoms with Crippen molar-refractivity contribution in [2.45, 2.75) is 30.8 Å². The van der Waals surface area contributed by atoms with Gasteiger partial charge in [-0.3, -0.25) is 9.36 Å². The number of hydrogen-bond donors (Lipinski definition) is 3. The normalized spacial score (nSPS) is 25.1. The SMILES string of the molecule is CC(S)C(=O)N1CCCC1P(=O)(O)O. The van der Waals surface area contributed by atoms with Crippen LogP contribution in [0.15, 0.2) is 0 Å². The second-order valence-corrected chi connectivity index (χ2v) is 5.97. The summed E-state index contributed by atoms with van der Waals surface area (Å²) < 4.78 is 11.0. The fraction of sp³-hybridized carbons (Fsp3) is 0.857. The van der Waals surface area contributed by atoms with Crippen molar-refractivity contribution in [1.29, 1.82) is 0 Å². The zero-order valence-electron chi connectivity index (χ0n) is 7.83. The predicted octanol–water partition coefficient (Wildman–Crippen LogP) is 0.431. The van der Waals surface area contributed by atoms with Gasteiger partial charge in [0.05, 0.1) is 5.25 Å². The van der Waals surface area contributed by atoms with Crippen LogP contribution in [0, 0.1) is 0 Å². The molecule has 0 bridgehead atoms. The number of carbonyl (C=O) groups excluding carboxylic acids is 1. The molecule has 0 aromatic carbocycles. The van der Waals surface area contributed by atoms with E-state index in [9.17, 15) is 9.36 Å². The Hall–Kier alpha value is -0.0300. The summed E-state index contributed by atoms with van der Waals surface area (Å²) in [6.07, 6.45) is 1.01. The summed E-state index contributed by atoms with van der Waals surface area (Å²) in [6.45, 7) is 2.01. The zero-order valence-corrected chi connectivity index (χ0v) is 9.62. The molecule has 1 aliphatic rings. The van der Waals surface area contributed by atoms with Crippen molar-refractivity contribution in [3.8, 4) is 0 Å². The van der Waals surface area contributed by atoms with E-state index in [4.69, 9.17) is 9.79 Å². The lowest BCUT2D eigenvalue weighted by molar-refractivity contribution is -0.130. The van der Waals surface area contributed by atoms with Crippen molar-refractivity contribution in [2.75, 3.05) is 6.54 Å². The molecule has 1 amide bonds. The van der Waals surface area contributed by atoms with Gasteiger partial charge >= 0.3 is 7.60 Å². The molecule has 5 nitrogen and oxygen atoms in total. The number of carbonyl (C=O) groups is 1. The first kappa shape index (κ1) is 12.0. The molecule has 1 saturated heterocycles. The Morgan fingerprint density at radius 1 is 1.64 bits per heavy atom. The minimum absolute atomic E-state index is 0.306. The fourth-order valence-electron chi connectivity index (χ4n) is 1.60. The molecule has 0 radical (unpaired) electrons. The van der Waals surface area contributed by atoms with Gasteiger partial charge in [-0.1, -0.05) is 0 Å². The highest BCUT2D eigenvalue weighted by Crippen LogP contribution is 2.48. The molecule has 2 atom stereocenters. The Balaban J connectivity index is 2.79. The number of hydrogen-bond acceptors (Lipinski definition) is 3. The van der Waals surface area contributed by atoms with Gasteiger partial charge in [0.1, 0.15) is 5.78 Å². The first-order valence-electron chi connectivity index (χ1n) is 4.38. The maximum absolute atomic E-state index is 11.5. The molecule has 0 spiro atoms. The van der Waals surface area contributed by atoms with Crippen LogP contribution in [0.1, 0.15) is 19.8 Å². The van der Waals surface area contributed by atoms with Crippen LogP contribution < -0.4 is 0 Å². The molecule has 1 aliphatic heterocycles. The fourth-order valence-corrected chi connectivity index (χ4v) is 2.86. The summed E-state index contributed by atoms with van der Waals surface area (Å²) in [6, 6.07) is 0. The minimum atomic E-state index is -4.19. The summed E-state index contributed by atoms with van der Waals surface area (Å²) in [5.41, 5.74) is 0. The maximum Gasteiger partial charge on any atom is 0.347 e. The van der Waals surface area contributed by atoms with Gasteiger partial charge in [-0.15, -0.1) is 0 Å². The molecule has 14 heavy (non-hydrogen) atoms. The molecule has 82 valence electrons. The lowest BCUT2D eigenvalue weighted by Crippen LogP contribution is -2.39. The molecule has 7 heteroatoms. The minimum Gasteiger partial charge on any atom is -0.327 e. The van der Waals surface area contributed by atoms with E-state index in [2.05, 4.69) is 12.6 Å². The Bertz CT molecular complexity index is 277. The van der Waals surface area contributed by atoms with E-state index >= 15 is 0 Å². The number of thiol groups is 1. The summed E-state index contributed by atoms with van der Waals surface area (Å²) in [7, 11) is -4.19. The number of likely N-dealkylation sites (tertiary alicyclic amines) is 1. The van der Waals surface area contributed by atoms with Crippen LogP contribution >= 0.6 is 20.2 Å². The molecule has 2 unspecified atom stereocenters. The molecular formula is C7H14NO4PS. The Morgan fingerprint density at radius 2 is 2.21 bits per heavy atom. The van der Waals surface area contributed by atoms with Gasteiger partial charge < -0.3 is 14.7 Å². The van der Waals surface area contributed by atoms with Gasteiger partial charge in [0, 0.05) is 6.54 Å². The van der Waals surface area contributed by atoms with Gasteiger partial charge in [-0.25, -0.2) is 0 Å². The van der Waals surface area contributed by atoms with Gasteiger partial charge in [-0.2, -0.15) is 12.6 Å². The van der Waals surface area contributed by atoms with Crippen molar-refractivity contribution in [3.63, 3.8) is 0 Å². The molecule has 0 aromatic heterocycles. The summed E-state index contributed by atoms with van der Waals surface area (Å²) >= 11 is 3.96. The van der Waals surface area contributed by atoms with E-state index in [1.165, 1.54) is 4.90 Å². The molecule has 2 N–H and O–H groups in total. The third-order valence-electron chi connectivity index (χ3n) is 2.25. The first-order valence-corrected chi connectivity index (χ1v) is 6.57. The quantitative estimate of drug-likeness (QED) is 0.482. The van der Waals surface area contributed by atoms with Gasteiger partial charge in [0.15, 0.2) is 0 Å². The highest BCUT2D eigenvalue weighted by atomic mass is 32.1. The largest absolute Gasteiger partial charge is 0.347 e. The van der Waals surface area contributed by atoms with Crippen LogP contribution in [0.5, 0.6) is 0 Å². The molecule has 0 aliphatic carbocycles. The monoisotopic (exact) mass is 239 g/mol. The maximum atomic E-state index is 11.5. The van der Waals surface area contributed by atoms with Crippen molar-refractivity contribution in [2.24, 2.45) is 0 Å². The van der Waals surface area contributed by atoms with Crippen LogP contribution in [-0.4, -0.2) is 38.2 Å². The van der Waals surface area contributed by atoms with Crippen LogP contribution in [0.3, 0.4) is 0 Å². The Morgan fingerprint density at radius 3 is 2.64 bits per heavy atom. The van der Waals surface area contributed by atoms with E-state index in [1.807, 2.05) is 0 Å². The smallest absolute Gasteiger partial charge is 0.327 e. The van der Waals surface area contributed by atoms with Gasteiger partial charge in [-0.05, 0) is 19.8 Å². The molecule has 1 rings (SSSR count). The van der Waals surface area contributed by atoms with Crippen molar-refractivity contribution in [1.82, 2.24) is 4.90 Å². The first-order chi connectivity index (χ1) is 6.34. The summed E-state index contributed by atoms with van der Waals surface area (Å²) in [5, 5.41) is -0.512. The Kier molecular flexibility index (Phi) is 3.63. The molecule has 1 heterocycles. The summed E-state index contributed by atoms with van der Waals surface area (Å²) in [4.78, 5) is 30.8. The average molecular weight is 239 g/mol. The zero-order chi connectivity index (χ0) is 10.9. The van der Waals surface area contributed by atoms with E-state index in [-0.39, 0.29) is 5.91 Å². The lowest BCUT2D eigenvalue weighted by atomic mass is 10.4. The molecular weight excluding hydrogens is 225 g/mol. The second-order valence-electron chi connectivity index (χ2n) is 3.42. The summed E-state index contributed by atoms with van der Waals surface area (Å²) in [5.74, 6) is -1.25. The van der Waals surface area contributed by atoms with Crippen molar-refractivity contribution >= 4 is 26.1 Å². The van der Waals surface area contributed by atoms with E-state index < -0.39 is 18.6 Å². The third kappa shape index (κ3) is 2.51. The van der Waals surface area contributed by atoms with Crippen LogP contribution in [0.4, 0.5) is 0 Å². The molecule has 0 aromatic rings. The second kappa shape index (κ2) is 4.23. The number of amides is 1. The predicted molar refractivity (Wildman–Crippen MR) is 55.2 cm³/mol. The number of nitrogens with zero attached hydrogens (tertiary/aromatic N) is 1. The van der Waals surface area contributed by atoms with Crippen LogP contribution in [-0.2, 0) is 9.36 Å². The van der Waals surface area contributed by atoms with E-state index in [0.717, 1.165) is 0 Å². The lowest BCUT2D eigenvalue weighted by Gasteiger charge is -2.26. The van der Waals surface area contributed by atoms with Crippen molar-refractivity contribution in [3.05, 3.63) is 0 Å².